The molecule has 1 aliphatic heterocycles. The second kappa shape index (κ2) is 20.1. The molecular formula is C34H52N10O7. The van der Waals surface area contributed by atoms with Crippen LogP contribution in [-0.4, -0.2) is 103 Å². The van der Waals surface area contributed by atoms with Crippen LogP contribution in [0.3, 0.4) is 0 Å². The van der Waals surface area contributed by atoms with Gasteiger partial charge < -0.3 is 65.5 Å². The van der Waals surface area contributed by atoms with Gasteiger partial charge in [0.25, 0.3) is 0 Å². The van der Waals surface area contributed by atoms with Crippen LogP contribution in [0.1, 0.15) is 43.2 Å². The zero-order valence-corrected chi connectivity index (χ0v) is 28.7. The molecule has 17 nitrogen and oxygen atoms in total. The maximum Gasteiger partial charge on any atom is 0.243 e. The molecule has 280 valence electrons. The van der Waals surface area contributed by atoms with Crippen molar-refractivity contribution in [1.29, 1.82) is 0 Å². The molecule has 17 heteroatoms. The predicted molar refractivity (Wildman–Crippen MR) is 191 cm³/mol. The molecule has 3 rings (SSSR count). The molecule has 5 amide bonds. The van der Waals surface area contributed by atoms with Gasteiger partial charge in [0.15, 0.2) is 0 Å². The lowest BCUT2D eigenvalue weighted by molar-refractivity contribution is -0.134. The number of carbonyl (C=O) groups excluding carboxylic acids is 5. The Morgan fingerprint density at radius 2 is 1.35 bits per heavy atom. The summed E-state index contributed by atoms with van der Waals surface area (Å²) in [4.78, 5) is 67.2. The Bertz CT molecular complexity index is 1520. The van der Waals surface area contributed by atoms with E-state index in [2.05, 4.69) is 26.6 Å². The van der Waals surface area contributed by atoms with Crippen LogP contribution in [0.5, 0.6) is 11.5 Å². The zero-order chi connectivity index (χ0) is 37.5. The fourth-order valence-electron chi connectivity index (χ4n) is 5.65. The number of hydrogen-bond acceptors (Lipinski definition) is 12. The topological polar surface area (TPSA) is 316 Å². The van der Waals surface area contributed by atoms with Gasteiger partial charge in [-0.25, -0.2) is 0 Å². The average molecular weight is 713 g/mol. The first-order chi connectivity index (χ1) is 24.4. The molecule has 4 bridgehead atoms. The van der Waals surface area contributed by atoms with E-state index in [4.69, 9.17) is 28.7 Å². The molecule has 0 aromatic heterocycles. The van der Waals surface area contributed by atoms with Crippen molar-refractivity contribution in [3.8, 4) is 22.6 Å². The Balaban J connectivity index is 2.02. The van der Waals surface area contributed by atoms with Crippen LogP contribution in [0.25, 0.3) is 11.1 Å². The number of benzene rings is 2. The highest BCUT2D eigenvalue weighted by atomic mass is 16.3. The fourth-order valence-corrected chi connectivity index (χ4v) is 5.65. The highest BCUT2D eigenvalue weighted by molar-refractivity contribution is 5.96. The Hall–Kier alpha value is -4.81. The Labute approximate surface area is 296 Å². The molecule has 0 saturated heterocycles. The summed E-state index contributed by atoms with van der Waals surface area (Å²) in [6, 6.07) is 3.72. The van der Waals surface area contributed by atoms with Gasteiger partial charge in [-0.05, 0) is 98.3 Å². The Kier molecular flexibility index (Phi) is 16.0. The van der Waals surface area contributed by atoms with Crippen LogP contribution in [0.2, 0.25) is 0 Å². The summed E-state index contributed by atoms with van der Waals surface area (Å²) in [5.41, 5.74) is 30.8. The van der Waals surface area contributed by atoms with E-state index in [1.807, 2.05) is 0 Å². The smallest absolute Gasteiger partial charge is 0.243 e. The molecule has 0 aliphatic carbocycles. The normalized spacial score (nSPS) is 19.0. The highest BCUT2D eigenvalue weighted by Gasteiger charge is 2.32. The van der Waals surface area contributed by atoms with Crippen LogP contribution >= 0.6 is 0 Å². The van der Waals surface area contributed by atoms with Gasteiger partial charge in [-0.3, -0.25) is 24.0 Å². The van der Waals surface area contributed by atoms with Gasteiger partial charge in [0.05, 0.1) is 6.04 Å². The van der Waals surface area contributed by atoms with Gasteiger partial charge in [-0.15, -0.1) is 0 Å². The van der Waals surface area contributed by atoms with Crippen LogP contribution in [-0.2, 0) is 36.8 Å². The number of hydrogen-bond donors (Lipinski definition) is 12. The van der Waals surface area contributed by atoms with Crippen molar-refractivity contribution in [2.24, 2.45) is 28.7 Å². The van der Waals surface area contributed by atoms with Gasteiger partial charge in [0, 0.05) is 25.9 Å². The van der Waals surface area contributed by atoms with Gasteiger partial charge in [-0.2, -0.15) is 0 Å². The number of aromatic hydroxyl groups is 2. The molecule has 51 heavy (non-hydrogen) atoms. The second-order valence-electron chi connectivity index (χ2n) is 12.5. The molecule has 0 spiro atoms. The zero-order valence-electron chi connectivity index (χ0n) is 28.7. The van der Waals surface area contributed by atoms with Crippen molar-refractivity contribution in [3.63, 3.8) is 0 Å². The summed E-state index contributed by atoms with van der Waals surface area (Å²) < 4.78 is 0. The minimum absolute atomic E-state index is 0.0419. The molecule has 17 N–H and O–H groups in total. The van der Waals surface area contributed by atoms with Crippen LogP contribution in [0.4, 0.5) is 0 Å². The third kappa shape index (κ3) is 11.9. The molecule has 0 radical (unpaired) electrons. The molecule has 1 unspecified atom stereocenters. The maximum absolute atomic E-state index is 14.0. The summed E-state index contributed by atoms with van der Waals surface area (Å²) >= 11 is 0. The molecule has 2 aromatic carbocycles. The van der Waals surface area contributed by atoms with Crippen molar-refractivity contribution in [3.05, 3.63) is 47.5 Å². The minimum atomic E-state index is -1.36. The summed E-state index contributed by atoms with van der Waals surface area (Å²) in [7, 11) is 0. The first kappa shape index (κ1) is 40.6. The van der Waals surface area contributed by atoms with Gasteiger partial charge >= 0.3 is 0 Å². The van der Waals surface area contributed by atoms with E-state index in [1.165, 1.54) is 12.1 Å². The lowest BCUT2D eigenvalue weighted by Crippen LogP contribution is -2.59. The van der Waals surface area contributed by atoms with Crippen molar-refractivity contribution >= 4 is 29.5 Å². The monoisotopic (exact) mass is 712 g/mol. The highest BCUT2D eigenvalue weighted by Crippen LogP contribution is 2.31. The number of fused-ring (bicyclic) bond motifs is 5. The van der Waals surface area contributed by atoms with Gasteiger partial charge in [-0.1, -0.05) is 12.1 Å². The number of amides is 5. The van der Waals surface area contributed by atoms with Crippen molar-refractivity contribution in [2.45, 2.75) is 75.2 Å². The first-order valence-corrected chi connectivity index (χ1v) is 17.1. The van der Waals surface area contributed by atoms with Crippen LogP contribution < -0.4 is 55.3 Å². The first-order valence-electron chi connectivity index (χ1n) is 17.1. The molecule has 2 aromatic rings. The van der Waals surface area contributed by atoms with Gasteiger partial charge in [0.2, 0.25) is 29.5 Å². The van der Waals surface area contributed by atoms with E-state index in [9.17, 15) is 34.2 Å². The van der Waals surface area contributed by atoms with E-state index in [1.54, 1.807) is 24.3 Å². The van der Waals surface area contributed by atoms with E-state index in [0.29, 0.717) is 35.1 Å². The third-order valence-electron chi connectivity index (χ3n) is 8.52. The summed E-state index contributed by atoms with van der Waals surface area (Å²) in [5.74, 6) is -3.54. The average Bonchev–Trinajstić information content (AvgIpc) is 3.11. The molecule has 1 aliphatic rings. The molecular weight excluding hydrogens is 660 g/mol. The molecule has 0 saturated carbocycles. The Morgan fingerprint density at radius 3 is 1.94 bits per heavy atom. The molecule has 5 atom stereocenters. The maximum atomic E-state index is 14.0. The van der Waals surface area contributed by atoms with E-state index in [-0.39, 0.29) is 76.3 Å². The van der Waals surface area contributed by atoms with Crippen molar-refractivity contribution in [2.75, 3.05) is 32.7 Å². The summed E-state index contributed by atoms with van der Waals surface area (Å²) in [6.45, 7) is 0.883. The predicted octanol–water partition coefficient (Wildman–Crippen LogP) is -2.97. The number of rotatable bonds is 15. The van der Waals surface area contributed by atoms with Crippen LogP contribution in [0, 0.1) is 0 Å². The number of nitrogens with one attached hydrogen (secondary N) is 5. The Morgan fingerprint density at radius 1 is 0.745 bits per heavy atom. The quantitative estimate of drug-likeness (QED) is 0.0881. The number of carbonyl (C=O) groups is 5. The number of nitrogens with two attached hydrogens (primary N) is 5. The number of phenolic OH excluding ortho intramolecular Hbond substituents is 2. The number of phenols is 2. The minimum Gasteiger partial charge on any atom is -0.508 e. The molecule has 0 fully saturated rings. The van der Waals surface area contributed by atoms with Crippen LogP contribution in [0.15, 0.2) is 36.4 Å². The molecule has 1 heterocycles. The lowest BCUT2D eigenvalue weighted by Gasteiger charge is -2.27. The fraction of sp³-hybridized carbons (Fsp3) is 0.500. The van der Waals surface area contributed by atoms with E-state index < -0.39 is 59.7 Å². The second-order valence-corrected chi connectivity index (χ2v) is 12.5. The largest absolute Gasteiger partial charge is 0.508 e. The van der Waals surface area contributed by atoms with E-state index >= 15 is 0 Å². The van der Waals surface area contributed by atoms with E-state index in [0.717, 1.165) is 0 Å². The SMILES string of the molecule is NCCC[C@@H]1NC(=O)C(N)Cc2cc(ccc2O)-c2ccc(O)c(c2)C[C@@H](C(=O)N[C@@H](CCCN)C(=O)N[C@@H](CCN)C(=O)NCCN)NC1=O. The van der Waals surface area contributed by atoms with Gasteiger partial charge in [0.1, 0.15) is 35.7 Å². The van der Waals surface area contributed by atoms with Crippen molar-refractivity contribution in [1.82, 2.24) is 26.6 Å². The third-order valence-corrected chi connectivity index (χ3v) is 8.52. The standard InChI is InChI=1S/C34H52N10O7/c35-10-1-3-24-33(50)44-27(34(51)42-25(4-2-11-36)32(49)43-26(9-12-37)31(48)40-14-13-38)18-22-16-20(6-8-29(22)46)19-5-7-28(45)21(15-19)17-23(39)30(47)41-24/h5-8,15-16,23-27,45-46H,1-4,9-14,17-18,35-39H2,(H,40,48)(H,41,47)(H,42,51)(H,43,49)(H,44,50)/t23?,24-,25-,26-,27-/m0/s1. The summed E-state index contributed by atoms with van der Waals surface area (Å²) in [6.07, 6.45) is 0.761. The van der Waals surface area contributed by atoms with Crippen molar-refractivity contribution < 1.29 is 34.2 Å². The lowest BCUT2D eigenvalue weighted by atomic mass is 9.95. The summed E-state index contributed by atoms with van der Waals surface area (Å²) in [5, 5.41) is 34.7.